The van der Waals surface area contributed by atoms with Crippen LogP contribution in [0.15, 0.2) is 12.1 Å². The molecule has 5 heteroatoms. The Kier molecular flexibility index (Phi) is 3.30. The molecule has 0 radical (unpaired) electrons. The first-order chi connectivity index (χ1) is 6.60. The molecule has 0 atom stereocenters. The van der Waals surface area contributed by atoms with E-state index in [2.05, 4.69) is 4.74 Å². The van der Waals surface area contributed by atoms with Crippen molar-refractivity contribution >= 4 is 17.6 Å². The van der Waals surface area contributed by atoms with E-state index >= 15 is 0 Å². The fourth-order valence-corrected chi connectivity index (χ4v) is 1.18. The number of hydrogen-bond acceptors (Lipinski definition) is 3. The number of halogens is 2. The number of carbonyl (C=O) groups excluding carboxylic acids is 1. The average Bonchev–Trinajstić information content (AvgIpc) is 2.19. The molecule has 0 bridgehead atoms. The summed E-state index contributed by atoms with van der Waals surface area (Å²) >= 11 is 5.65. The van der Waals surface area contributed by atoms with Crippen molar-refractivity contribution < 1.29 is 18.7 Å². The van der Waals surface area contributed by atoms with Crippen LogP contribution < -0.4 is 4.74 Å². The van der Waals surface area contributed by atoms with Gasteiger partial charge in [0.05, 0.1) is 14.2 Å². The predicted octanol–water partition coefficient (Wildman–Crippen LogP) is 2.27. The molecule has 0 amide bonds. The van der Waals surface area contributed by atoms with Crippen molar-refractivity contribution in [3.8, 4) is 5.75 Å². The third kappa shape index (κ3) is 1.96. The highest BCUT2D eigenvalue weighted by molar-refractivity contribution is 6.31. The second kappa shape index (κ2) is 4.28. The monoisotopic (exact) mass is 218 g/mol. The molecule has 0 aliphatic carbocycles. The van der Waals surface area contributed by atoms with Gasteiger partial charge < -0.3 is 9.47 Å². The molecule has 0 aliphatic heterocycles. The van der Waals surface area contributed by atoms with Gasteiger partial charge in [-0.1, -0.05) is 11.6 Å². The quantitative estimate of drug-likeness (QED) is 0.715. The SMILES string of the molecule is COC(=O)c1cc(Cl)cc(OC)c1F. The zero-order chi connectivity index (χ0) is 10.7. The first-order valence-corrected chi connectivity index (χ1v) is 4.09. The van der Waals surface area contributed by atoms with Crippen LogP contribution in [0, 0.1) is 5.82 Å². The second-order valence-electron chi connectivity index (χ2n) is 2.46. The van der Waals surface area contributed by atoms with Gasteiger partial charge in [-0.2, -0.15) is 0 Å². The first-order valence-electron chi connectivity index (χ1n) is 3.71. The molecular weight excluding hydrogens is 211 g/mol. The molecule has 0 heterocycles. The van der Waals surface area contributed by atoms with Crippen LogP contribution in [0.3, 0.4) is 0 Å². The lowest BCUT2D eigenvalue weighted by Crippen LogP contribution is -2.05. The van der Waals surface area contributed by atoms with E-state index in [1.807, 2.05) is 0 Å². The maximum absolute atomic E-state index is 13.4. The minimum atomic E-state index is -0.789. The molecule has 14 heavy (non-hydrogen) atoms. The fourth-order valence-electron chi connectivity index (χ4n) is 0.971. The number of benzene rings is 1. The maximum Gasteiger partial charge on any atom is 0.341 e. The van der Waals surface area contributed by atoms with Crippen LogP contribution in [0.1, 0.15) is 10.4 Å². The Morgan fingerprint density at radius 1 is 1.43 bits per heavy atom. The number of carbonyl (C=O) groups is 1. The lowest BCUT2D eigenvalue weighted by atomic mass is 10.2. The summed E-state index contributed by atoms with van der Waals surface area (Å²) in [6.07, 6.45) is 0. The third-order valence-electron chi connectivity index (χ3n) is 1.63. The summed E-state index contributed by atoms with van der Waals surface area (Å²) in [6, 6.07) is 2.47. The van der Waals surface area contributed by atoms with Gasteiger partial charge in [-0.15, -0.1) is 0 Å². The zero-order valence-electron chi connectivity index (χ0n) is 7.64. The highest BCUT2D eigenvalue weighted by Gasteiger charge is 2.17. The number of rotatable bonds is 2. The standard InChI is InChI=1S/C9H8ClFO3/c1-13-7-4-5(10)3-6(8(7)11)9(12)14-2/h3-4H,1-2H3. The van der Waals surface area contributed by atoms with Gasteiger partial charge in [-0.3, -0.25) is 0 Å². The molecule has 0 fully saturated rings. The van der Waals surface area contributed by atoms with Crippen molar-refractivity contribution in [3.63, 3.8) is 0 Å². The van der Waals surface area contributed by atoms with Crippen LogP contribution in [0.5, 0.6) is 5.75 Å². The molecule has 76 valence electrons. The summed E-state index contributed by atoms with van der Waals surface area (Å²) in [5, 5.41) is 0.212. The zero-order valence-corrected chi connectivity index (χ0v) is 8.39. The topological polar surface area (TPSA) is 35.5 Å². The summed E-state index contributed by atoms with van der Waals surface area (Å²) in [6.45, 7) is 0. The second-order valence-corrected chi connectivity index (χ2v) is 2.90. The molecule has 3 nitrogen and oxygen atoms in total. The number of hydrogen-bond donors (Lipinski definition) is 0. The summed E-state index contributed by atoms with van der Waals surface area (Å²) in [7, 11) is 2.45. The van der Waals surface area contributed by atoms with Crippen LogP contribution in [0.4, 0.5) is 4.39 Å². The fraction of sp³-hybridized carbons (Fsp3) is 0.222. The lowest BCUT2D eigenvalue weighted by Gasteiger charge is -2.06. The molecule has 0 saturated heterocycles. The Balaban J connectivity index is 3.29. The maximum atomic E-state index is 13.4. The summed E-state index contributed by atoms with van der Waals surface area (Å²) in [5.74, 6) is -1.65. The highest BCUT2D eigenvalue weighted by Crippen LogP contribution is 2.26. The third-order valence-corrected chi connectivity index (χ3v) is 1.85. The molecule has 1 aromatic rings. The van der Waals surface area contributed by atoms with E-state index in [1.165, 1.54) is 19.2 Å². The molecule has 0 unspecified atom stereocenters. The molecule has 0 aromatic heterocycles. The van der Waals surface area contributed by atoms with Gasteiger partial charge in [-0.05, 0) is 6.07 Å². The number of esters is 1. The van der Waals surface area contributed by atoms with E-state index in [0.29, 0.717) is 0 Å². The van der Waals surface area contributed by atoms with E-state index in [4.69, 9.17) is 16.3 Å². The number of methoxy groups -OCH3 is 2. The Labute approximate surface area is 85.4 Å². The Morgan fingerprint density at radius 2 is 2.07 bits per heavy atom. The van der Waals surface area contributed by atoms with Gasteiger partial charge in [0.15, 0.2) is 11.6 Å². The first kappa shape index (κ1) is 10.8. The van der Waals surface area contributed by atoms with E-state index in [0.717, 1.165) is 7.11 Å². The van der Waals surface area contributed by atoms with Gasteiger partial charge in [0.2, 0.25) is 0 Å². The van der Waals surface area contributed by atoms with Gasteiger partial charge >= 0.3 is 5.97 Å². The predicted molar refractivity (Wildman–Crippen MR) is 49.3 cm³/mol. The number of ether oxygens (including phenoxy) is 2. The molecule has 0 spiro atoms. The Morgan fingerprint density at radius 3 is 2.57 bits per heavy atom. The Bertz CT molecular complexity index is 365. The van der Waals surface area contributed by atoms with E-state index in [1.54, 1.807) is 0 Å². The van der Waals surface area contributed by atoms with Crippen LogP contribution in [-0.4, -0.2) is 20.2 Å². The van der Waals surface area contributed by atoms with Crippen molar-refractivity contribution in [2.75, 3.05) is 14.2 Å². The molecule has 0 saturated carbocycles. The van der Waals surface area contributed by atoms with Crippen LogP contribution in [0.2, 0.25) is 5.02 Å². The van der Waals surface area contributed by atoms with Crippen LogP contribution in [-0.2, 0) is 4.74 Å². The minimum absolute atomic E-state index is 0.0853. The minimum Gasteiger partial charge on any atom is -0.494 e. The van der Waals surface area contributed by atoms with Crippen molar-refractivity contribution in [1.29, 1.82) is 0 Å². The van der Waals surface area contributed by atoms with Crippen LogP contribution in [0.25, 0.3) is 0 Å². The smallest absolute Gasteiger partial charge is 0.341 e. The largest absolute Gasteiger partial charge is 0.494 e. The molecule has 0 N–H and O–H groups in total. The van der Waals surface area contributed by atoms with E-state index < -0.39 is 11.8 Å². The van der Waals surface area contributed by atoms with E-state index in [9.17, 15) is 9.18 Å². The van der Waals surface area contributed by atoms with Gasteiger partial charge in [-0.25, -0.2) is 9.18 Å². The summed E-state index contributed by atoms with van der Waals surface area (Å²) in [5.41, 5.74) is -0.239. The van der Waals surface area contributed by atoms with Crippen molar-refractivity contribution in [1.82, 2.24) is 0 Å². The van der Waals surface area contributed by atoms with Gasteiger partial charge in [0.1, 0.15) is 5.56 Å². The molecule has 1 rings (SSSR count). The molecular formula is C9H8ClFO3. The van der Waals surface area contributed by atoms with Gasteiger partial charge in [0, 0.05) is 11.1 Å². The van der Waals surface area contributed by atoms with Crippen molar-refractivity contribution in [2.24, 2.45) is 0 Å². The molecule has 0 aliphatic rings. The average molecular weight is 219 g/mol. The Hall–Kier alpha value is -1.29. The molecule has 1 aromatic carbocycles. The van der Waals surface area contributed by atoms with Crippen molar-refractivity contribution in [2.45, 2.75) is 0 Å². The van der Waals surface area contributed by atoms with Gasteiger partial charge in [0.25, 0.3) is 0 Å². The lowest BCUT2D eigenvalue weighted by molar-refractivity contribution is 0.0594. The van der Waals surface area contributed by atoms with Crippen LogP contribution >= 0.6 is 11.6 Å². The van der Waals surface area contributed by atoms with E-state index in [-0.39, 0.29) is 16.3 Å². The highest BCUT2D eigenvalue weighted by atomic mass is 35.5. The van der Waals surface area contributed by atoms with Crippen molar-refractivity contribution in [3.05, 3.63) is 28.5 Å². The summed E-state index contributed by atoms with van der Waals surface area (Å²) in [4.78, 5) is 11.1. The summed E-state index contributed by atoms with van der Waals surface area (Å²) < 4.78 is 22.5. The normalized spacial score (nSPS) is 9.71.